The van der Waals surface area contributed by atoms with Gasteiger partial charge in [-0.05, 0) is 42.8 Å². The Balaban J connectivity index is 1.51. The van der Waals surface area contributed by atoms with E-state index in [1.54, 1.807) is 36.1 Å². The molecule has 0 aliphatic carbocycles. The molecular weight excluding hydrogens is 333 g/mol. The topological polar surface area (TPSA) is 75.6 Å². The van der Waals surface area contributed by atoms with Gasteiger partial charge in [0.25, 0.3) is 5.91 Å². The number of benzene rings is 1. The van der Waals surface area contributed by atoms with Crippen molar-refractivity contribution in [2.24, 2.45) is 0 Å². The van der Waals surface area contributed by atoms with Crippen LogP contribution >= 0.6 is 0 Å². The van der Waals surface area contributed by atoms with Gasteiger partial charge in [0, 0.05) is 29.4 Å². The number of nitrogens with zero attached hydrogens (tertiary/aromatic N) is 3. The molecule has 0 saturated carbocycles. The zero-order valence-corrected chi connectivity index (χ0v) is 14.0. The fourth-order valence-electron chi connectivity index (χ4n) is 2.85. The van der Waals surface area contributed by atoms with E-state index in [9.17, 15) is 9.18 Å². The molecule has 0 unspecified atom stereocenters. The average Bonchev–Trinajstić information content (AvgIpc) is 3.23. The number of H-pyrrole nitrogens is 1. The van der Waals surface area contributed by atoms with E-state index in [1.807, 2.05) is 18.2 Å². The number of carbonyl (C=O) groups excluding carboxylic acids is 1. The monoisotopic (exact) mass is 349 g/mol. The Morgan fingerprint density at radius 3 is 2.96 bits per heavy atom. The van der Waals surface area contributed by atoms with Crippen LogP contribution < -0.4 is 5.32 Å². The van der Waals surface area contributed by atoms with Crippen molar-refractivity contribution < 1.29 is 9.18 Å². The lowest BCUT2D eigenvalue weighted by molar-refractivity contribution is 0.102. The molecule has 0 radical (unpaired) electrons. The molecule has 0 aliphatic rings. The van der Waals surface area contributed by atoms with E-state index in [0.717, 1.165) is 16.6 Å². The summed E-state index contributed by atoms with van der Waals surface area (Å²) >= 11 is 0. The Bertz CT molecular complexity index is 1080. The molecule has 3 heterocycles. The number of nitrogens with one attached hydrogen (secondary N) is 2. The minimum atomic E-state index is -0.336. The van der Waals surface area contributed by atoms with Crippen molar-refractivity contribution >= 4 is 22.6 Å². The van der Waals surface area contributed by atoms with Crippen LogP contribution in [0.2, 0.25) is 0 Å². The van der Waals surface area contributed by atoms with Crippen molar-refractivity contribution in [1.82, 2.24) is 19.7 Å². The van der Waals surface area contributed by atoms with Crippen LogP contribution in [0.25, 0.3) is 10.9 Å². The molecule has 7 heteroatoms. The summed E-state index contributed by atoms with van der Waals surface area (Å²) in [7, 11) is 0. The highest BCUT2D eigenvalue weighted by molar-refractivity contribution is 6.05. The SMILES string of the molecule is Cc1cc(F)cc2[nH]c(C(=O)Nc3ccn(Cc4ccccn4)n3)cc12. The zero-order valence-electron chi connectivity index (χ0n) is 14.0. The van der Waals surface area contributed by atoms with Crippen LogP contribution in [0.3, 0.4) is 0 Å². The fraction of sp³-hybridized carbons (Fsp3) is 0.105. The molecule has 26 heavy (non-hydrogen) atoms. The average molecular weight is 349 g/mol. The Labute approximate surface area is 148 Å². The number of aromatic nitrogens is 4. The van der Waals surface area contributed by atoms with Crippen molar-refractivity contribution in [3.63, 3.8) is 0 Å². The van der Waals surface area contributed by atoms with E-state index in [0.29, 0.717) is 23.6 Å². The third kappa shape index (κ3) is 3.19. The van der Waals surface area contributed by atoms with Gasteiger partial charge < -0.3 is 10.3 Å². The van der Waals surface area contributed by atoms with E-state index in [1.165, 1.54) is 12.1 Å². The molecule has 0 saturated heterocycles. The standard InChI is InChI=1S/C19H16FN5O/c1-12-8-13(20)9-16-15(12)10-17(22-16)19(26)23-18-5-7-25(24-18)11-14-4-2-3-6-21-14/h2-10,22H,11H2,1H3,(H,23,24,26). The lowest BCUT2D eigenvalue weighted by Gasteiger charge is -2.01. The normalized spacial score (nSPS) is 11.0. The molecule has 6 nitrogen and oxygen atoms in total. The number of halogens is 1. The first kappa shape index (κ1) is 16.0. The van der Waals surface area contributed by atoms with Gasteiger partial charge in [0.1, 0.15) is 11.5 Å². The first-order valence-electron chi connectivity index (χ1n) is 8.12. The largest absolute Gasteiger partial charge is 0.350 e. The van der Waals surface area contributed by atoms with E-state index in [2.05, 4.69) is 20.4 Å². The number of hydrogen-bond acceptors (Lipinski definition) is 3. The number of fused-ring (bicyclic) bond motifs is 1. The van der Waals surface area contributed by atoms with Crippen molar-refractivity contribution in [2.75, 3.05) is 5.32 Å². The highest BCUT2D eigenvalue weighted by Crippen LogP contribution is 2.21. The lowest BCUT2D eigenvalue weighted by Crippen LogP contribution is -2.13. The second-order valence-electron chi connectivity index (χ2n) is 6.04. The number of aromatic amines is 1. The van der Waals surface area contributed by atoms with Crippen LogP contribution in [-0.4, -0.2) is 25.7 Å². The molecule has 0 fully saturated rings. The Morgan fingerprint density at radius 2 is 2.15 bits per heavy atom. The van der Waals surface area contributed by atoms with Gasteiger partial charge in [-0.2, -0.15) is 5.10 Å². The number of rotatable bonds is 4. The maximum atomic E-state index is 13.5. The highest BCUT2D eigenvalue weighted by atomic mass is 19.1. The minimum Gasteiger partial charge on any atom is -0.350 e. The van der Waals surface area contributed by atoms with Crippen molar-refractivity contribution in [3.8, 4) is 0 Å². The number of amides is 1. The maximum absolute atomic E-state index is 13.5. The van der Waals surface area contributed by atoms with Gasteiger partial charge in [-0.3, -0.25) is 14.5 Å². The Morgan fingerprint density at radius 1 is 1.27 bits per heavy atom. The summed E-state index contributed by atoms with van der Waals surface area (Å²) < 4.78 is 15.2. The number of aryl methyl sites for hydroxylation is 1. The molecule has 4 rings (SSSR count). The molecule has 0 aliphatic heterocycles. The third-order valence-electron chi connectivity index (χ3n) is 4.09. The maximum Gasteiger partial charge on any atom is 0.273 e. The van der Waals surface area contributed by atoms with Crippen molar-refractivity contribution in [1.29, 1.82) is 0 Å². The fourth-order valence-corrected chi connectivity index (χ4v) is 2.85. The van der Waals surface area contributed by atoms with Gasteiger partial charge in [-0.25, -0.2) is 4.39 Å². The minimum absolute atomic E-state index is 0.330. The first-order chi connectivity index (χ1) is 12.6. The molecule has 1 aromatic carbocycles. The second kappa shape index (κ2) is 6.44. The van der Waals surface area contributed by atoms with Crippen LogP contribution in [0.5, 0.6) is 0 Å². The molecule has 4 aromatic rings. The molecule has 3 aromatic heterocycles. The summed E-state index contributed by atoms with van der Waals surface area (Å²) in [5.41, 5.74) is 2.60. The zero-order chi connectivity index (χ0) is 18.1. The van der Waals surface area contributed by atoms with E-state index < -0.39 is 0 Å². The van der Waals surface area contributed by atoms with Crippen molar-refractivity contribution in [2.45, 2.75) is 13.5 Å². The first-order valence-corrected chi connectivity index (χ1v) is 8.12. The predicted molar refractivity (Wildman–Crippen MR) is 96.5 cm³/mol. The van der Waals surface area contributed by atoms with Gasteiger partial charge in [0.15, 0.2) is 5.82 Å². The number of anilines is 1. The quantitative estimate of drug-likeness (QED) is 0.592. The van der Waals surface area contributed by atoms with E-state index in [4.69, 9.17) is 0 Å². The summed E-state index contributed by atoms with van der Waals surface area (Å²) in [6.07, 6.45) is 3.50. The van der Waals surface area contributed by atoms with Gasteiger partial charge in [-0.1, -0.05) is 6.07 Å². The summed E-state index contributed by atoms with van der Waals surface area (Å²) in [6, 6.07) is 11.9. The smallest absolute Gasteiger partial charge is 0.273 e. The van der Waals surface area contributed by atoms with Crippen LogP contribution in [0.4, 0.5) is 10.2 Å². The number of pyridine rings is 1. The lowest BCUT2D eigenvalue weighted by atomic mass is 10.1. The number of hydrogen-bond donors (Lipinski definition) is 2. The molecule has 0 atom stereocenters. The van der Waals surface area contributed by atoms with Crippen LogP contribution in [0.15, 0.2) is 54.9 Å². The summed E-state index contributed by atoms with van der Waals surface area (Å²) in [4.78, 5) is 19.6. The molecule has 2 N–H and O–H groups in total. The van der Waals surface area contributed by atoms with E-state index in [-0.39, 0.29) is 11.7 Å². The molecule has 1 amide bonds. The Kier molecular flexibility index (Phi) is 3.96. The third-order valence-corrected chi connectivity index (χ3v) is 4.09. The number of carbonyl (C=O) groups is 1. The van der Waals surface area contributed by atoms with Crippen LogP contribution in [0, 0.1) is 12.7 Å². The molecule has 0 spiro atoms. The van der Waals surface area contributed by atoms with Crippen molar-refractivity contribution in [3.05, 3.63) is 77.6 Å². The predicted octanol–water partition coefficient (Wildman–Crippen LogP) is 3.51. The Hall–Kier alpha value is -3.48. The highest BCUT2D eigenvalue weighted by Gasteiger charge is 2.13. The molecule has 0 bridgehead atoms. The molecule has 130 valence electrons. The summed E-state index contributed by atoms with van der Waals surface area (Å²) in [6.45, 7) is 2.32. The van der Waals surface area contributed by atoms with Gasteiger partial charge in [-0.15, -0.1) is 0 Å². The van der Waals surface area contributed by atoms with Crippen LogP contribution in [0.1, 0.15) is 21.7 Å². The van der Waals surface area contributed by atoms with Gasteiger partial charge in [0.2, 0.25) is 0 Å². The summed E-state index contributed by atoms with van der Waals surface area (Å²) in [5.74, 6) is -0.228. The van der Waals surface area contributed by atoms with Crippen LogP contribution in [-0.2, 0) is 6.54 Å². The van der Waals surface area contributed by atoms with Gasteiger partial charge in [0.05, 0.1) is 12.2 Å². The second-order valence-corrected chi connectivity index (χ2v) is 6.04. The summed E-state index contributed by atoms with van der Waals surface area (Å²) in [5, 5.41) is 7.89. The van der Waals surface area contributed by atoms with E-state index >= 15 is 0 Å². The molecular formula is C19H16FN5O. The van der Waals surface area contributed by atoms with Gasteiger partial charge >= 0.3 is 0 Å².